The average Bonchev–Trinajstić information content (AvgIpc) is 2.81. The summed E-state index contributed by atoms with van der Waals surface area (Å²) in [5.41, 5.74) is 3.17. The zero-order valence-electron chi connectivity index (χ0n) is 17.9. The van der Waals surface area contributed by atoms with Gasteiger partial charge >= 0.3 is 6.18 Å². The summed E-state index contributed by atoms with van der Waals surface area (Å²) in [6.45, 7) is 1.88. The summed E-state index contributed by atoms with van der Waals surface area (Å²) in [4.78, 5) is 12.2. The molecule has 174 valence electrons. The minimum absolute atomic E-state index is 0.234. The molecule has 0 fully saturated rings. The van der Waals surface area contributed by atoms with E-state index in [-0.39, 0.29) is 5.69 Å². The number of sulfonamides is 1. The number of pyridine rings is 1. The molecule has 0 saturated carbocycles. The zero-order valence-corrected chi connectivity index (χ0v) is 18.7. The average molecular weight is 485 g/mol. The molecule has 0 spiro atoms. The highest BCUT2D eigenvalue weighted by Crippen LogP contribution is 2.31. The normalized spacial score (nSPS) is 11.9. The Morgan fingerprint density at radius 2 is 1.76 bits per heavy atom. The fourth-order valence-corrected chi connectivity index (χ4v) is 4.52. The number of hydrogen-bond acceptors (Lipinski definition) is 5. The largest absolute Gasteiger partial charge is 0.416 e. The van der Waals surface area contributed by atoms with Gasteiger partial charge in [0.2, 0.25) is 0 Å². The van der Waals surface area contributed by atoms with E-state index in [4.69, 9.17) is 0 Å². The standard InChI is InChI=1S/C24H19F3N4O2S/c1-16-7-8-19(31-34(32,33)20-5-2-4-18(14-20)24(25,26)27)12-17(16)13-23-21(6-3-10-29-23)22-9-11-28-15-30-22/h2-12,14-15,31H,13H2,1H3. The molecule has 2 heterocycles. The van der Waals surface area contributed by atoms with Crippen molar-refractivity contribution in [3.05, 3.63) is 102 Å². The number of rotatable bonds is 6. The lowest BCUT2D eigenvalue weighted by molar-refractivity contribution is -0.137. The van der Waals surface area contributed by atoms with Crippen LogP contribution in [0.1, 0.15) is 22.4 Å². The second-order valence-corrected chi connectivity index (χ2v) is 9.22. The number of anilines is 1. The van der Waals surface area contributed by atoms with E-state index in [0.717, 1.165) is 40.6 Å². The Labute approximate surface area is 194 Å². The van der Waals surface area contributed by atoms with E-state index >= 15 is 0 Å². The van der Waals surface area contributed by atoms with E-state index < -0.39 is 26.7 Å². The predicted octanol–water partition coefficient (Wildman–Crippen LogP) is 5.26. The van der Waals surface area contributed by atoms with Gasteiger partial charge in [-0.15, -0.1) is 0 Å². The first-order valence-electron chi connectivity index (χ1n) is 10.1. The van der Waals surface area contributed by atoms with Crippen LogP contribution in [0.5, 0.6) is 0 Å². The third-order valence-electron chi connectivity index (χ3n) is 5.18. The van der Waals surface area contributed by atoms with Crippen molar-refractivity contribution in [2.45, 2.75) is 24.4 Å². The summed E-state index contributed by atoms with van der Waals surface area (Å²) >= 11 is 0. The van der Waals surface area contributed by atoms with Crippen molar-refractivity contribution in [1.29, 1.82) is 0 Å². The van der Waals surface area contributed by atoms with Crippen molar-refractivity contribution in [1.82, 2.24) is 15.0 Å². The van der Waals surface area contributed by atoms with Crippen LogP contribution >= 0.6 is 0 Å². The topological polar surface area (TPSA) is 84.8 Å². The third kappa shape index (κ3) is 5.23. The van der Waals surface area contributed by atoms with Gasteiger partial charge in [-0.05, 0) is 66.6 Å². The smallest absolute Gasteiger partial charge is 0.280 e. The summed E-state index contributed by atoms with van der Waals surface area (Å²) < 4.78 is 67.0. The number of alkyl halides is 3. The van der Waals surface area contributed by atoms with E-state index in [1.54, 1.807) is 42.7 Å². The van der Waals surface area contributed by atoms with Crippen molar-refractivity contribution >= 4 is 15.7 Å². The van der Waals surface area contributed by atoms with E-state index in [0.29, 0.717) is 18.2 Å². The summed E-state index contributed by atoms with van der Waals surface area (Å²) in [5, 5.41) is 0. The summed E-state index contributed by atoms with van der Waals surface area (Å²) in [6, 6.07) is 14.0. The van der Waals surface area contributed by atoms with Gasteiger partial charge in [-0.25, -0.2) is 18.4 Å². The maximum absolute atomic E-state index is 13.0. The highest BCUT2D eigenvalue weighted by atomic mass is 32.2. The monoisotopic (exact) mass is 484 g/mol. The van der Waals surface area contributed by atoms with Crippen LogP contribution in [0, 0.1) is 6.92 Å². The molecule has 0 unspecified atom stereocenters. The van der Waals surface area contributed by atoms with E-state index in [9.17, 15) is 21.6 Å². The summed E-state index contributed by atoms with van der Waals surface area (Å²) in [5.74, 6) is 0. The van der Waals surface area contributed by atoms with Crippen LogP contribution in [0.4, 0.5) is 18.9 Å². The molecular formula is C24H19F3N4O2S. The van der Waals surface area contributed by atoms with Gasteiger partial charge in [0, 0.05) is 30.1 Å². The van der Waals surface area contributed by atoms with Crippen LogP contribution < -0.4 is 4.72 Å². The van der Waals surface area contributed by atoms with Crippen LogP contribution in [0.25, 0.3) is 11.3 Å². The van der Waals surface area contributed by atoms with Crippen LogP contribution in [0.15, 0.2) is 84.3 Å². The molecule has 4 aromatic rings. The molecule has 0 atom stereocenters. The van der Waals surface area contributed by atoms with Gasteiger partial charge in [0.1, 0.15) is 6.33 Å². The maximum Gasteiger partial charge on any atom is 0.416 e. The van der Waals surface area contributed by atoms with Gasteiger partial charge in [-0.3, -0.25) is 9.71 Å². The van der Waals surface area contributed by atoms with Crippen LogP contribution in [-0.4, -0.2) is 23.4 Å². The van der Waals surface area contributed by atoms with Crippen molar-refractivity contribution in [2.75, 3.05) is 4.72 Å². The lowest BCUT2D eigenvalue weighted by atomic mass is 9.99. The van der Waals surface area contributed by atoms with E-state index in [1.807, 2.05) is 13.0 Å². The first-order chi connectivity index (χ1) is 16.1. The van der Waals surface area contributed by atoms with Crippen molar-refractivity contribution in [3.8, 4) is 11.3 Å². The summed E-state index contributed by atoms with van der Waals surface area (Å²) in [7, 11) is -4.23. The molecule has 0 bridgehead atoms. The quantitative estimate of drug-likeness (QED) is 0.404. The van der Waals surface area contributed by atoms with Gasteiger partial charge < -0.3 is 0 Å². The Bertz CT molecular complexity index is 1430. The number of hydrogen-bond donors (Lipinski definition) is 1. The molecule has 0 radical (unpaired) electrons. The number of aryl methyl sites for hydroxylation is 1. The molecule has 34 heavy (non-hydrogen) atoms. The molecular weight excluding hydrogens is 465 g/mol. The first-order valence-corrected chi connectivity index (χ1v) is 11.6. The minimum Gasteiger partial charge on any atom is -0.280 e. The number of nitrogens with zero attached hydrogens (tertiary/aromatic N) is 3. The molecule has 1 N–H and O–H groups in total. The molecule has 0 saturated heterocycles. The molecule has 4 rings (SSSR count). The van der Waals surface area contributed by atoms with Crippen LogP contribution in [-0.2, 0) is 22.6 Å². The highest BCUT2D eigenvalue weighted by Gasteiger charge is 2.31. The lowest BCUT2D eigenvalue weighted by Crippen LogP contribution is -2.15. The molecule has 0 aliphatic rings. The number of aromatic nitrogens is 3. The van der Waals surface area contributed by atoms with Crippen molar-refractivity contribution in [2.24, 2.45) is 0 Å². The molecule has 10 heteroatoms. The maximum atomic E-state index is 13.0. The molecule has 0 aliphatic carbocycles. The Morgan fingerprint density at radius 1 is 0.941 bits per heavy atom. The Balaban J connectivity index is 1.63. The van der Waals surface area contributed by atoms with Crippen molar-refractivity contribution < 1.29 is 21.6 Å². The van der Waals surface area contributed by atoms with Gasteiger partial charge in [0.05, 0.1) is 21.8 Å². The van der Waals surface area contributed by atoms with Crippen LogP contribution in [0.2, 0.25) is 0 Å². The third-order valence-corrected chi connectivity index (χ3v) is 6.56. The Morgan fingerprint density at radius 3 is 2.50 bits per heavy atom. The minimum atomic E-state index is -4.65. The zero-order chi connectivity index (χ0) is 24.3. The SMILES string of the molecule is Cc1ccc(NS(=O)(=O)c2cccc(C(F)(F)F)c2)cc1Cc1ncccc1-c1ccncn1. The first kappa shape index (κ1) is 23.4. The number of halogens is 3. The fourth-order valence-electron chi connectivity index (χ4n) is 3.42. The number of benzene rings is 2. The molecule has 0 aliphatic heterocycles. The molecule has 2 aromatic carbocycles. The Kier molecular flexibility index (Phi) is 6.34. The molecule has 2 aromatic heterocycles. The van der Waals surface area contributed by atoms with Crippen molar-refractivity contribution in [3.63, 3.8) is 0 Å². The van der Waals surface area contributed by atoms with Gasteiger partial charge in [0.25, 0.3) is 10.0 Å². The summed E-state index contributed by atoms with van der Waals surface area (Å²) in [6.07, 6.45) is 0.488. The van der Waals surface area contributed by atoms with Gasteiger partial charge in [-0.1, -0.05) is 12.1 Å². The predicted molar refractivity (Wildman–Crippen MR) is 122 cm³/mol. The second kappa shape index (κ2) is 9.22. The fraction of sp³-hybridized carbons (Fsp3) is 0.125. The molecule has 0 amide bonds. The van der Waals surface area contributed by atoms with E-state index in [2.05, 4.69) is 19.7 Å². The molecule has 6 nitrogen and oxygen atoms in total. The van der Waals surface area contributed by atoms with Gasteiger partial charge in [-0.2, -0.15) is 13.2 Å². The second-order valence-electron chi connectivity index (χ2n) is 7.54. The highest BCUT2D eigenvalue weighted by molar-refractivity contribution is 7.92. The lowest BCUT2D eigenvalue weighted by Gasteiger charge is -2.14. The Hall–Kier alpha value is -3.79. The van der Waals surface area contributed by atoms with E-state index in [1.165, 1.54) is 6.33 Å². The number of nitrogens with one attached hydrogen (secondary N) is 1. The van der Waals surface area contributed by atoms with Gasteiger partial charge in [0.15, 0.2) is 0 Å². The van der Waals surface area contributed by atoms with Crippen LogP contribution in [0.3, 0.4) is 0 Å².